The highest BCUT2D eigenvalue weighted by atomic mass is 16.5. The number of benzene rings is 2. The van der Waals surface area contributed by atoms with E-state index in [0.717, 1.165) is 18.6 Å². The van der Waals surface area contributed by atoms with Crippen molar-refractivity contribution in [3.63, 3.8) is 0 Å². The van der Waals surface area contributed by atoms with Gasteiger partial charge < -0.3 is 10.1 Å². The maximum absolute atomic E-state index is 12.5. The van der Waals surface area contributed by atoms with E-state index in [2.05, 4.69) is 31.3 Å². The highest BCUT2D eigenvalue weighted by Crippen LogP contribution is 2.18. The lowest BCUT2D eigenvalue weighted by atomic mass is 10.1. The number of hydrogen-bond acceptors (Lipinski definition) is 2. The number of ether oxygens (including phenoxy) is 1. The van der Waals surface area contributed by atoms with E-state index in [9.17, 15) is 4.79 Å². The molecule has 0 heterocycles. The van der Waals surface area contributed by atoms with E-state index in [1.807, 2.05) is 50.2 Å². The summed E-state index contributed by atoms with van der Waals surface area (Å²) in [4.78, 5) is 12.5. The van der Waals surface area contributed by atoms with Crippen molar-refractivity contribution in [2.45, 2.75) is 59.1 Å². The highest BCUT2D eigenvalue weighted by molar-refractivity contribution is 5.81. The van der Waals surface area contributed by atoms with E-state index in [1.165, 1.54) is 16.7 Å². The Labute approximate surface area is 151 Å². The van der Waals surface area contributed by atoms with Crippen LogP contribution in [0.25, 0.3) is 0 Å². The van der Waals surface area contributed by atoms with Crippen LogP contribution in [0.4, 0.5) is 0 Å². The van der Waals surface area contributed by atoms with Gasteiger partial charge in [-0.3, -0.25) is 4.79 Å². The molecule has 2 aromatic rings. The van der Waals surface area contributed by atoms with Crippen LogP contribution in [0.3, 0.4) is 0 Å². The van der Waals surface area contributed by atoms with Crippen LogP contribution in [0.2, 0.25) is 0 Å². The van der Waals surface area contributed by atoms with Crippen LogP contribution in [0.15, 0.2) is 48.5 Å². The van der Waals surface area contributed by atoms with Crippen LogP contribution in [0, 0.1) is 13.8 Å². The molecular weight excluding hydrogens is 310 g/mol. The molecule has 0 saturated carbocycles. The molecule has 134 valence electrons. The van der Waals surface area contributed by atoms with Gasteiger partial charge in [0.1, 0.15) is 5.75 Å². The summed E-state index contributed by atoms with van der Waals surface area (Å²) in [6, 6.07) is 16.4. The average molecular weight is 339 g/mol. The van der Waals surface area contributed by atoms with Gasteiger partial charge in [0.05, 0.1) is 0 Å². The summed E-state index contributed by atoms with van der Waals surface area (Å²) >= 11 is 0. The average Bonchev–Trinajstić information content (AvgIpc) is 2.61. The smallest absolute Gasteiger partial charge is 0.261 e. The molecule has 2 aromatic carbocycles. The zero-order chi connectivity index (χ0) is 18.2. The van der Waals surface area contributed by atoms with Crippen molar-refractivity contribution in [2.75, 3.05) is 0 Å². The molecule has 1 amide bonds. The molecule has 0 saturated heterocycles. The van der Waals surface area contributed by atoms with Crippen LogP contribution in [-0.2, 0) is 11.2 Å². The third kappa shape index (κ3) is 5.93. The Kier molecular flexibility index (Phi) is 7.05. The first-order chi connectivity index (χ1) is 12.0. The summed E-state index contributed by atoms with van der Waals surface area (Å²) in [6.07, 6.45) is 2.05. The van der Waals surface area contributed by atoms with E-state index < -0.39 is 6.10 Å². The van der Waals surface area contributed by atoms with Gasteiger partial charge in [-0.15, -0.1) is 0 Å². The molecule has 2 atom stereocenters. The zero-order valence-corrected chi connectivity index (χ0v) is 15.7. The van der Waals surface area contributed by atoms with Crippen molar-refractivity contribution in [3.05, 3.63) is 65.2 Å². The maximum atomic E-state index is 12.5. The fraction of sp³-hybridized carbons (Fsp3) is 0.409. The van der Waals surface area contributed by atoms with E-state index in [-0.39, 0.29) is 11.9 Å². The van der Waals surface area contributed by atoms with E-state index in [4.69, 9.17) is 4.74 Å². The molecule has 0 unspecified atom stereocenters. The van der Waals surface area contributed by atoms with Crippen LogP contribution in [-0.4, -0.2) is 18.1 Å². The van der Waals surface area contributed by atoms with Gasteiger partial charge in [0.2, 0.25) is 0 Å². The Morgan fingerprint density at radius 2 is 1.80 bits per heavy atom. The van der Waals surface area contributed by atoms with Crippen LogP contribution in [0.5, 0.6) is 5.75 Å². The number of rotatable bonds is 8. The van der Waals surface area contributed by atoms with Crippen LogP contribution < -0.4 is 10.1 Å². The number of carbonyl (C=O) groups is 1. The number of carbonyl (C=O) groups excluding carboxylic acids is 1. The molecule has 0 aliphatic carbocycles. The standard InChI is InChI=1S/C22H29NO2/c1-5-21(25-20-14-11-16(2)17(3)15-20)22(24)23-18(4)12-13-19-9-7-6-8-10-19/h6-11,14-15,18,21H,5,12-13H2,1-4H3,(H,23,24)/t18-,21+/m1/s1. The third-order valence-corrected chi connectivity index (χ3v) is 4.52. The van der Waals surface area contributed by atoms with Crippen molar-refractivity contribution in [2.24, 2.45) is 0 Å². The minimum atomic E-state index is -0.457. The molecule has 3 nitrogen and oxygen atoms in total. The molecule has 0 aromatic heterocycles. The molecule has 0 aliphatic heterocycles. The van der Waals surface area contributed by atoms with E-state index >= 15 is 0 Å². The summed E-state index contributed by atoms with van der Waals surface area (Å²) in [5.41, 5.74) is 3.69. The summed E-state index contributed by atoms with van der Waals surface area (Å²) in [5.74, 6) is 0.711. The Balaban J connectivity index is 1.87. The number of amides is 1. The lowest BCUT2D eigenvalue weighted by molar-refractivity contribution is -0.128. The van der Waals surface area contributed by atoms with Gasteiger partial charge in [0.15, 0.2) is 6.10 Å². The monoisotopic (exact) mass is 339 g/mol. The minimum Gasteiger partial charge on any atom is -0.481 e. The first-order valence-electron chi connectivity index (χ1n) is 9.07. The number of aryl methyl sites for hydroxylation is 3. The predicted molar refractivity (Wildman–Crippen MR) is 103 cm³/mol. The van der Waals surface area contributed by atoms with Gasteiger partial charge in [0.25, 0.3) is 5.91 Å². The van der Waals surface area contributed by atoms with Crippen molar-refractivity contribution in [1.29, 1.82) is 0 Å². The fourth-order valence-electron chi connectivity index (χ4n) is 2.71. The first kappa shape index (κ1) is 19.0. The Morgan fingerprint density at radius 3 is 2.44 bits per heavy atom. The number of hydrogen-bond donors (Lipinski definition) is 1. The quantitative estimate of drug-likeness (QED) is 0.763. The summed E-state index contributed by atoms with van der Waals surface area (Å²) in [5, 5.41) is 3.08. The van der Waals surface area contributed by atoms with Gasteiger partial charge in [-0.2, -0.15) is 0 Å². The summed E-state index contributed by atoms with van der Waals surface area (Å²) < 4.78 is 5.91. The normalized spacial score (nSPS) is 13.1. The van der Waals surface area contributed by atoms with E-state index in [1.54, 1.807) is 0 Å². The van der Waals surface area contributed by atoms with Crippen molar-refractivity contribution >= 4 is 5.91 Å². The third-order valence-electron chi connectivity index (χ3n) is 4.52. The SMILES string of the molecule is CC[C@H](Oc1ccc(C)c(C)c1)C(=O)N[C@H](C)CCc1ccccc1. The second-order valence-corrected chi connectivity index (χ2v) is 6.69. The Morgan fingerprint density at radius 1 is 1.08 bits per heavy atom. The summed E-state index contributed by atoms with van der Waals surface area (Å²) in [6.45, 7) is 8.13. The predicted octanol–water partition coefficient (Wildman–Crippen LogP) is 4.60. The zero-order valence-electron chi connectivity index (χ0n) is 15.7. The fourth-order valence-corrected chi connectivity index (χ4v) is 2.71. The Bertz CT molecular complexity index is 682. The van der Waals surface area contributed by atoms with Crippen molar-refractivity contribution < 1.29 is 9.53 Å². The van der Waals surface area contributed by atoms with Crippen molar-refractivity contribution in [3.8, 4) is 5.75 Å². The molecule has 2 rings (SSSR count). The van der Waals surface area contributed by atoms with E-state index in [0.29, 0.717) is 6.42 Å². The molecule has 1 N–H and O–H groups in total. The molecule has 0 spiro atoms. The minimum absolute atomic E-state index is 0.0405. The second-order valence-electron chi connectivity index (χ2n) is 6.69. The topological polar surface area (TPSA) is 38.3 Å². The van der Waals surface area contributed by atoms with Gasteiger partial charge >= 0.3 is 0 Å². The molecule has 3 heteroatoms. The Hall–Kier alpha value is -2.29. The van der Waals surface area contributed by atoms with Gasteiger partial charge in [0, 0.05) is 6.04 Å². The molecule has 0 radical (unpaired) electrons. The van der Waals surface area contributed by atoms with Gasteiger partial charge in [-0.05, 0) is 68.9 Å². The van der Waals surface area contributed by atoms with Crippen molar-refractivity contribution in [1.82, 2.24) is 5.32 Å². The lowest BCUT2D eigenvalue weighted by Gasteiger charge is -2.21. The number of nitrogens with one attached hydrogen (secondary N) is 1. The first-order valence-corrected chi connectivity index (χ1v) is 9.07. The second kappa shape index (κ2) is 9.26. The largest absolute Gasteiger partial charge is 0.481 e. The summed E-state index contributed by atoms with van der Waals surface area (Å²) in [7, 11) is 0. The molecule has 25 heavy (non-hydrogen) atoms. The molecule has 0 fully saturated rings. The van der Waals surface area contributed by atoms with Gasteiger partial charge in [-0.1, -0.05) is 43.3 Å². The van der Waals surface area contributed by atoms with Gasteiger partial charge in [-0.25, -0.2) is 0 Å². The molecule has 0 bridgehead atoms. The highest BCUT2D eigenvalue weighted by Gasteiger charge is 2.20. The maximum Gasteiger partial charge on any atom is 0.261 e. The van der Waals surface area contributed by atoms with Crippen LogP contribution >= 0.6 is 0 Å². The lowest BCUT2D eigenvalue weighted by Crippen LogP contribution is -2.42. The van der Waals surface area contributed by atoms with Crippen LogP contribution in [0.1, 0.15) is 43.4 Å². The molecule has 0 aliphatic rings. The molecular formula is C22H29NO2.